The van der Waals surface area contributed by atoms with Gasteiger partial charge in [-0.15, -0.1) is 5.10 Å². The Labute approximate surface area is 293 Å². The first kappa shape index (κ1) is 34.1. The van der Waals surface area contributed by atoms with Crippen molar-refractivity contribution in [3.63, 3.8) is 0 Å². The summed E-state index contributed by atoms with van der Waals surface area (Å²) in [6.07, 6.45) is 5.27. The highest BCUT2D eigenvalue weighted by Crippen LogP contribution is 2.37. The van der Waals surface area contributed by atoms with Gasteiger partial charge in [0.1, 0.15) is 17.6 Å². The van der Waals surface area contributed by atoms with Crippen LogP contribution >= 0.6 is 23.2 Å². The maximum Gasteiger partial charge on any atom is 0.337 e. The van der Waals surface area contributed by atoms with E-state index < -0.39 is 17.8 Å². The third kappa shape index (κ3) is 7.32. The molecule has 0 saturated carbocycles. The van der Waals surface area contributed by atoms with Crippen molar-refractivity contribution < 1.29 is 13.9 Å². The Hall–Kier alpha value is -4.76. The van der Waals surface area contributed by atoms with Crippen molar-refractivity contribution in [2.75, 3.05) is 30.8 Å². The number of hydrogen-bond acceptors (Lipinski definition) is 9. The number of benzene rings is 3. The van der Waals surface area contributed by atoms with E-state index in [1.54, 1.807) is 24.3 Å². The van der Waals surface area contributed by atoms with Gasteiger partial charge in [-0.25, -0.2) is 13.9 Å². The van der Waals surface area contributed by atoms with Crippen LogP contribution < -0.4 is 10.6 Å². The molecule has 2 N–H and O–H groups in total. The van der Waals surface area contributed by atoms with Crippen LogP contribution in [0, 0.1) is 17.1 Å². The number of nitriles is 1. The van der Waals surface area contributed by atoms with E-state index >= 15 is 0 Å². The van der Waals surface area contributed by atoms with Crippen LogP contribution in [-0.4, -0.2) is 56.6 Å². The highest BCUT2D eigenvalue weighted by atomic mass is 35.5. The quantitative estimate of drug-likeness (QED) is 0.154. The zero-order chi connectivity index (χ0) is 34.9. The van der Waals surface area contributed by atoms with Gasteiger partial charge in [0, 0.05) is 41.6 Å². The number of nitrogens with one attached hydrogen (secondary N) is 2. The van der Waals surface area contributed by atoms with Gasteiger partial charge in [-0.1, -0.05) is 40.5 Å². The maximum absolute atomic E-state index is 13.9. The molecule has 0 unspecified atom stereocenters. The summed E-state index contributed by atoms with van der Waals surface area (Å²) in [6.45, 7) is 8.61. The first-order valence-electron chi connectivity index (χ1n) is 15.8. The SMILES string of the molecule is COC(=O)c1cccc([C@H](Nc2cc(Cl)c3ncc(C#N)c(Nc4ccc(F)c(Cl)c4)c3c2)c2cn(C3CCN(C(C)(C)C)CC3)nn2)c1. The van der Waals surface area contributed by atoms with Crippen LogP contribution in [0.15, 0.2) is 67.0 Å². The highest BCUT2D eigenvalue weighted by molar-refractivity contribution is 6.36. The maximum atomic E-state index is 13.9. The summed E-state index contributed by atoms with van der Waals surface area (Å²) in [6, 6.07) is 16.7. The first-order chi connectivity index (χ1) is 23.4. The van der Waals surface area contributed by atoms with Crippen LogP contribution in [0.1, 0.15) is 72.9 Å². The van der Waals surface area contributed by atoms with Gasteiger partial charge in [0.2, 0.25) is 0 Å². The van der Waals surface area contributed by atoms with Gasteiger partial charge < -0.3 is 15.4 Å². The van der Waals surface area contributed by atoms with Gasteiger partial charge in [-0.2, -0.15) is 5.26 Å². The molecular weight excluding hydrogens is 666 g/mol. The Balaban J connectivity index is 1.39. The van der Waals surface area contributed by atoms with Crippen molar-refractivity contribution in [1.29, 1.82) is 5.26 Å². The predicted octanol–water partition coefficient (Wildman–Crippen LogP) is 8.31. The average Bonchev–Trinajstić information content (AvgIpc) is 3.58. The summed E-state index contributed by atoms with van der Waals surface area (Å²) in [4.78, 5) is 19.4. The lowest BCUT2D eigenvalue weighted by Crippen LogP contribution is -2.46. The monoisotopic (exact) mass is 700 g/mol. The zero-order valence-electron chi connectivity index (χ0n) is 27.5. The molecule has 0 radical (unpaired) electrons. The Morgan fingerprint density at radius 3 is 2.53 bits per heavy atom. The van der Waals surface area contributed by atoms with Crippen LogP contribution in [0.4, 0.5) is 21.5 Å². The molecule has 3 heterocycles. The highest BCUT2D eigenvalue weighted by Gasteiger charge is 2.29. The van der Waals surface area contributed by atoms with Gasteiger partial charge in [0.15, 0.2) is 0 Å². The number of pyridine rings is 1. The molecule has 0 aliphatic carbocycles. The summed E-state index contributed by atoms with van der Waals surface area (Å²) in [7, 11) is 1.34. The number of methoxy groups -OCH3 is 1. The largest absolute Gasteiger partial charge is 0.465 e. The fraction of sp³-hybridized carbons (Fsp3) is 0.306. The van der Waals surface area contributed by atoms with Crippen molar-refractivity contribution >= 4 is 57.1 Å². The zero-order valence-corrected chi connectivity index (χ0v) is 29.0. The van der Waals surface area contributed by atoms with Crippen LogP contribution in [0.3, 0.4) is 0 Å². The Bertz CT molecular complexity index is 2060. The van der Waals surface area contributed by atoms with E-state index in [4.69, 9.17) is 27.9 Å². The van der Waals surface area contributed by atoms with E-state index in [2.05, 4.69) is 57.7 Å². The standard InChI is InChI=1S/C36H35Cl2FN8O2/c1-36(2,3)46-12-10-26(11-13-46)47-20-31(44-45-47)33(21-6-5-7-22(14-21)35(48)49-4)43-25-15-27-32(42-24-8-9-30(39)28(37)16-24)23(18-40)19-41-34(27)29(38)17-25/h5-9,14-17,19-20,26,33,43H,10-13H2,1-4H3,(H,41,42)/t33-/m0/s1. The Morgan fingerprint density at radius 1 is 1.08 bits per heavy atom. The minimum absolute atomic E-state index is 0.0629. The predicted molar refractivity (Wildman–Crippen MR) is 189 cm³/mol. The number of anilines is 3. The van der Waals surface area contributed by atoms with Crippen molar-refractivity contribution in [2.24, 2.45) is 0 Å². The number of hydrogen-bond donors (Lipinski definition) is 2. The number of esters is 1. The molecule has 1 atom stereocenters. The summed E-state index contributed by atoms with van der Waals surface area (Å²) in [5, 5.41) is 26.7. The Morgan fingerprint density at radius 2 is 1.84 bits per heavy atom. The smallest absolute Gasteiger partial charge is 0.337 e. The molecule has 0 spiro atoms. The summed E-state index contributed by atoms with van der Waals surface area (Å²) in [5.74, 6) is -1.02. The van der Waals surface area contributed by atoms with Crippen LogP contribution in [0.25, 0.3) is 10.9 Å². The number of piperidine rings is 1. The number of carbonyl (C=O) groups is 1. The third-order valence-electron chi connectivity index (χ3n) is 8.80. The van der Waals surface area contributed by atoms with Crippen LogP contribution in [-0.2, 0) is 4.74 Å². The number of halogens is 3. The van der Waals surface area contributed by atoms with Crippen molar-refractivity contribution in [3.8, 4) is 6.07 Å². The van der Waals surface area contributed by atoms with Gasteiger partial charge in [-0.3, -0.25) is 9.88 Å². The molecule has 5 aromatic rings. The molecule has 1 fully saturated rings. The molecule has 2 aromatic heterocycles. The molecule has 0 amide bonds. The molecule has 0 bridgehead atoms. The van der Waals surface area contributed by atoms with E-state index in [9.17, 15) is 14.4 Å². The molecule has 13 heteroatoms. The van der Waals surface area contributed by atoms with Crippen molar-refractivity contribution in [1.82, 2.24) is 24.9 Å². The molecule has 1 saturated heterocycles. The lowest BCUT2D eigenvalue weighted by atomic mass is 9.98. The Kier molecular flexibility index (Phi) is 9.75. The van der Waals surface area contributed by atoms with Gasteiger partial charge in [0.05, 0.1) is 57.8 Å². The van der Waals surface area contributed by atoms with Gasteiger partial charge >= 0.3 is 5.97 Å². The molecular formula is C36H35Cl2FN8O2. The van der Waals surface area contributed by atoms with Crippen LogP contribution in [0.2, 0.25) is 10.0 Å². The van der Waals surface area contributed by atoms with Crippen molar-refractivity contribution in [3.05, 3.63) is 105 Å². The molecule has 10 nitrogen and oxygen atoms in total. The molecule has 49 heavy (non-hydrogen) atoms. The average molecular weight is 702 g/mol. The van der Waals surface area contributed by atoms with E-state index in [0.717, 1.165) is 31.5 Å². The summed E-state index contributed by atoms with van der Waals surface area (Å²) < 4.78 is 20.8. The molecule has 1 aliphatic rings. The van der Waals surface area contributed by atoms with E-state index in [-0.39, 0.29) is 22.2 Å². The minimum Gasteiger partial charge on any atom is -0.465 e. The van der Waals surface area contributed by atoms with E-state index in [0.29, 0.717) is 44.2 Å². The fourth-order valence-electron chi connectivity index (χ4n) is 6.14. The molecule has 1 aliphatic heterocycles. The topological polar surface area (TPSA) is 121 Å². The van der Waals surface area contributed by atoms with E-state index in [1.165, 1.54) is 31.5 Å². The molecule has 6 rings (SSSR count). The van der Waals surface area contributed by atoms with E-state index in [1.807, 2.05) is 23.0 Å². The first-order valence-corrected chi connectivity index (χ1v) is 16.6. The molecule has 3 aromatic carbocycles. The van der Waals surface area contributed by atoms with Crippen molar-refractivity contribution in [2.45, 2.75) is 51.2 Å². The minimum atomic E-state index is -0.559. The summed E-state index contributed by atoms with van der Waals surface area (Å²) in [5.41, 5.74) is 4.09. The number of nitrogens with zero attached hydrogens (tertiary/aromatic N) is 6. The third-order valence-corrected chi connectivity index (χ3v) is 9.38. The number of ether oxygens (including phenoxy) is 1. The second-order valence-corrected chi connectivity index (χ2v) is 13.8. The number of rotatable bonds is 8. The summed E-state index contributed by atoms with van der Waals surface area (Å²) >= 11 is 12.9. The number of aromatic nitrogens is 4. The second kappa shape index (κ2) is 14.0. The van der Waals surface area contributed by atoms with Gasteiger partial charge in [0.25, 0.3) is 0 Å². The lowest BCUT2D eigenvalue weighted by molar-refractivity contribution is 0.0600. The normalized spacial score (nSPS) is 14.7. The molecule has 252 valence electrons. The van der Waals surface area contributed by atoms with Crippen LogP contribution in [0.5, 0.6) is 0 Å². The number of likely N-dealkylation sites (tertiary alicyclic amines) is 1. The fourth-order valence-corrected chi connectivity index (χ4v) is 6.59. The number of carbonyl (C=O) groups excluding carboxylic acids is 1. The second-order valence-electron chi connectivity index (χ2n) is 13.0. The van der Waals surface area contributed by atoms with Gasteiger partial charge in [-0.05, 0) is 81.6 Å². The number of fused-ring (bicyclic) bond motifs is 1. The lowest BCUT2D eigenvalue weighted by Gasteiger charge is -2.40.